The average molecular weight is 297 g/mol. The molecule has 0 amide bonds. The molecule has 1 aliphatic carbocycles. The highest BCUT2D eigenvalue weighted by molar-refractivity contribution is 5.20. The highest BCUT2D eigenvalue weighted by Crippen LogP contribution is 2.21. The van der Waals surface area contributed by atoms with E-state index in [1.165, 1.54) is 12.8 Å². The molecule has 1 heterocycles. The molecule has 120 valence electrons. The number of hydrogen-bond acceptors (Lipinski definition) is 5. The zero-order valence-electron chi connectivity index (χ0n) is 13.2. The van der Waals surface area contributed by atoms with E-state index >= 15 is 0 Å². The van der Waals surface area contributed by atoms with E-state index in [0.717, 1.165) is 43.3 Å². The fourth-order valence-corrected chi connectivity index (χ4v) is 2.06. The molecular weight excluding hydrogens is 270 g/mol. The Kier molecular flexibility index (Phi) is 7.23. The summed E-state index contributed by atoms with van der Waals surface area (Å²) in [4.78, 5) is 0. The monoisotopic (exact) mass is 297 g/mol. The lowest BCUT2D eigenvalue weighted by molar-refractivity contribution is 0.0334. The van der Waals surface area contributed by atoms with Gasteiger partial charge in [0.05, 0.1) is 26.4 Å². The lowest BCUT2D eigenvalue weighted by Crippen LogP contribution is -2.14. The first-order chi connectivity index (χ1) is 10.3. The molecular formula is C16H27NO4. The first-order valence-electron chi connectivity index (χ1n) is 7.75. The van der Waals surface area contributed by atoms with Crippen molar-refractivity contribution >= 4 is 0 Å². The van der Waals surface area contributed by atoms with Crippen LogP contribution in [0.5, 0.6) is 0 Å². The van der Waals surface area contributed by atoms with Gasteiger partial charge in [-0.1, -0.05) is 0 Å². The fraction of sp³-hybridized carbons (Fsp3) is 0.750. The Balaban J connectivity index is 1.54. The molecule has 5 heteroatoms. The van der Waals surface area contributed by atoms with Crippen LogP contribution in [0.25, 0.3) is 0 Å². The highest BCUT2D eigenvalue weighted by Gasteiger charge is 2.20. The molecule has 1 aliphatic rings. The lowest BCUT2D eigenvalue weighted by atomic mass is 10.2. The number of rotatable bonds is 12. The van der Waals surface area contributed by atoms with Crippen LogP contribution in [-0.2, 0) is 27.4 Å². The molecule has 0 radical (unpaired) electrons. The van der Waals surface area contributed by atoms with Crippen LogP contribution < -0.4 is 5.32 Å². The molecule has 1 saturated carbocycles. The van der Waals surface area contributed by atoms with Gasteiger partial charge in [0.2, 0.25) is 0 Å². The summed E-state index contributed by atoms with van der Waals surface area (Å²) in [7, 11) is 1.70. The van der Waals surface area contributed by atoms with Crippen molar-refractivity contribution in [1.82, 2.24) is 5.32 Å². The van der Waals surface area contributed by atoms with Crippen molar-refractivity contribution in [2.45, 2.75) is 45.4 Å². The number of ether oxygens (including phenoxy) is 3. The molecule has 0 unspecified atom stereocenters. The third kappa shape index (κ3) is 6.61. The summed E-state index contributed by atoms with van der Waals surface area (Å²) < 4.78 is 21.7. The Labute approximate surface area is 126 Å². The molecule has 0 atom stereocenters. The van der Waals surface area contributed by atoms with E-state index in [9.17, 15) is 0 Å². The normalized spacial score (nSPS) is 14.8. The molecule has 2 rings (SSSR count). The number of aryl methyl sites for hydroxylation is 1. The predicted molar refractivity (Wildman–Crippen MR) is 80.3 cm³/mol. The summed E-state index contributed by atoms with van der Waals surface area (Å²) in [6.45, 7) is 6.07. The first-order valence-corrected chi connectivity index (χ1v) is 7.75. The van der Waals surface area contributed by atoms with Gasteiger partial charge in [0.1, 0.15) is 11.5 Å². The van der Waals surface area contributed by atoms with Crippen molar-refractivity contribution in [3.8, 4) is 0 Å². The van der Waals surface area contributed by atoms with Crippen LogP contribution in [0.2, 0.25) is 0 Å². The second kappa shape index (κ2) is 9.20. The van der Waals surface area contributed by atoms with E-state index in [1.807, 2.05) is 6.92 Å². The van der Waals surface area contributed by atoms with Crippen molar-refractivity contribution < 1.29 is 18.6 Å². The van der Waals surface area contributed by atoms with Crippen molar-refractivity contribution in [2.75, 3.05) is 33.5 Å². The van der Waals surface area contributed by atoms with Gasteiger partial charge in [-0.15, -0.1) is 0 Å². The Bertz CT molecular complexity index is 401. The second-order valence-electron chi connectivity index (χ2n) is 5.46. The maximum absolute atomic E-state index is 5.73. The van der Waals surface area contributed by atoms with Crippen molar-refractivity contribution in [2.24, 2.45) is 0 Å². The van der Waals surface area contributed by atoms with Crippen LogP contribution in [0, 0.1) is 6.92 Å². The van der Waals surface area contributed by atoms with Crippen molar-refractivity contribution in [3.05, 3.63) is 23.2 Å². The number of nitrogens with one attached hydrogen (secondary N) is 1. The third-order valence-electron chi connectivity index (χ3n) is 3.48. The Morgan fingerprint density at radius 3 is 2.76 bits per heavy atom. The van der Waals surface area contributed by atoms with Crippen molar-refractivity contribution in [1.29, 1.82) is 0 Å². The third-order valence-corrected chi connectivity index (χ3v) is 3.48. The molecule has 0 aliphatic heterocycles. The summed E-state index contributed by atoms with van der Waals surface area (Å²) in [5, 5.41) is 3.45. The minimum absolute atomic E-state index is 0.584. The van der Waals surface area contributed by atoms with Gasteiger partial charge in [0.15, 0.2) is 0 Å². The molecule has 1 N–H and O–H groups in total. The molecule has 5 nitrogen and oxygen atoms in total. The quantitative estimate of drug-likeness (QED) is 0.600. The molecule has 1 fully saturated rings. The summed E-state index contributed by atoms with van der Waals surface area (Å²) >= 11 is 0. The minimum atomic E-state index is 0.584. The zero-order valence-corrected chi connectivity index (χ0v) is 13.2. The number of methoxy groups -OCH3 is 1. The Hall–Kier alpha value is -0.880. The molecule has 0 bridgehead atoms. The molecule has 0 aromatic carbocycles. The summed E-state index contributed by atoms with van der Waals surface area (Å²) in [6, 6.07) is 2.79. The molecule has 0 saturated heterocycles. The Morgan fingerprint density at radius 1 is 1.19 bits per heavy atom. The summed E-state index contributed by atoms with van der Waals surface area (Å²) in [5.41, 5.74) is 1.13. The highest BCUT2D eigenvalue weighted by atomic mass is 16.5. The van der Waals surface area contributed by atoms with Crippen LogP contribution in [-0.4, -0.2) is 39.6 Å². The SMILES string of the molecule is COCCCOCCOCc1cc(CNC2CC2)oc1C. The van der Waals surface area contributed by atoms with Gasteiger partial charge in [0, 0.05) is 31.9 Å². The summed E-state index contributed by atoms with van der Waals surface area (Å²) in [5.74, 6) is 1.94. The van der Waals surface area contributed by atoms with Gasteiger partial charge in [-0.05, 0) is 32.3 Å². The van der Waals surface area contributed by atoms with Crippen LogP contribution in [0.15, 0.2) is 10.5 Å². The van der Waals surface area contributed by atoms with Crippen LogP contribution >= 0.6 is 0 Å². The smallest absolute Gasteiger partial charge is 0.118 e. The minimum Gasteiger partial charge on any atom is -0.465 e. The van der Waals surface area contributed by atoms with E-state index in [2.05, 4.69) is 11.4 Å². The van der Waals surface area contributed by atoms with E-state index in [1.54, 1.807) is 7.11 Å². The summed E-state index contributed by atoms with van der Waals surface area (Å²) in [6.07, 6.45) is 3.51. The van der Waals surface area contributed by atoms with Gasteiger partial charge < -0.3 is 23.9 Å². The zero-order chi connectivity index (χ0) is 14.9. The van der Waals surface area contributed by atoms with E-state index in [-0.39, 0.29) is 0 Å². The average Bonchev–Trinajstić information content (AvgIpc) is 3.24. The van der Waals surface area contributed by atoms with Gasteiger partial charge in [-0.3, -0.25) is 0 Å². The maximum atomic E-state index is 5.73. The number of hydrogen-bond donors (Lipinski definition) is 1. The molecule has 21 heavy (non-hydrogen) atoms. The lowest BCUT2D eigenvalue weighted by Gasteiger charge is -2.05. The Morgan fingerprint density at radius 2 is 2.00 bits per heavy atom. The van der Waals surface area contributed by atoms with E-state index in [0.29, 0.717) is 25.9 Å². The fourth-order valence-electron chi connectivity index (χ4n) is 2.06. The topological polar surface area (TPSA) is 52.9 Å². The predicted octanol–water partition coefficient (Wildman–Crippen LogP) is 2.41. The van der Waals surface area contributed by atoms with Crippen LogP contribution in [0.3, 0.4) is 0 Å². The molecule has 1 aromatic rings. The largest absolute Gasteiger partial charge is 0.465 e. The second-order valence-corrected chi connectivity index (χ2v) is 5.46. The van der Waals surface area contributed by atoms with Gasteiger partial charge in [-0.25, -0.2) is 0 Å². The van der Waals surface area contributed by atoms with Crippen LogP contribution in [0.4, 0.5) is 0 Å². The van der Waals surface area contributed by atoms with Crippen molar-refractivity contribution in [3.63, 3.8) is 0 Å². The first kappa shape index (κ1) is 16.5. The van der Waals surface area contributed by atoms with Gasteiger partial charge >= 0.3 is 0 Å². The van der Waals surface area contributed by atoms with E-state index < -0.39 is 0 Å². The molecule has 1 aromatic heterocycles. The maximum Gasteiger partial charge on any atom is 0.118 e. The molecule has 0 spiro atoms. The van der Waals surface area contributed by atoms with Crippen LogP contribution in [0.1, 0.15) is 36.3 Å². The van der Waals surface area contributed by atoms with Gasteiger partial charge in [0.25, 0.3) is 0 Å². The standard InChI is InChI=1S/C16H27NO4/c1-13-14(10-16(21-13)11-17-15-4-5-15)12-20-9-8-19-7-3-6-18-2/h10,15,17H,3-9,11-12H2,1-2H3. The van der Waals surface area contributed by atoms with Gasteiger partial charge in [-0.2, -0.15) is 0 Å². The van der Waals surface area contributed by atoms with E-state index in [4.69, 9.17) is 18.6 Å². The number of furan rings is 1.